The molecule has 3 aromatic rings. The second kappa shape index (κ2) is 9.43. The van der Waals surface area contributed by atoms with Gasteiger partial charge in [0.2, 0.25) is 5.91 Å². The van der Waals surface area contributed by atoms with Gasteiger partial charge >= 0.3 is 0 Å². The number of anilines is 1. The van der Waals surface area contributed by atoms with Gasteiger partial charge in [0, 0.05) is 10.4 Å². The maximum Gasteiger partial charge on any atom is 0.254 e. The first-order valence-corrected chi connectivity index (χ1v) is 10.2. The van der Waals surface area contributed by atoms with Crippen LogP contribution in [-0.4, -0.2) is 23.3 Å². The Morgan fingerprint density at radius 2 is 1.83 bits per heavy atom. The molecule has 0 aliphatic carbocycles. The lowest BCUT2D eigenvalue weighted by atomic mass is 10.1. The van der Waals surface area contributed by atoms with Gasteiger partial charge in [-0.1, -0.05) is 49.7 Å². The van der Waals surface area contributed by atoms with Crippen molar-refractivity contribution >= 4 is 28.3 Å². The minimum atomic E-state index is -0.638. The van der Waals surface area contributed by atoms with E-state index in [-0.39, 0.29) is 12.1 Å². The zero-order valence-corrected chi connectivity index (χ0v) is 17.1. The highest BCUT2D eigenvalue weighted by atomic mass is 32.1. The quantitative estimate of drug-likeness (QED) is 0.598. The molecular weight excluding hydrogens is 389 g/mol. The molecule has 1 aromatic heterocycles. The number of benzene rings is 2. The molecule has 0 saturated carbocycles. The number of aromatic nitrogens is 1. The zero-order chi connectivity index (χ0) is 20.8. The van der Waals surface area contributed by atoms with Crippen molar-refractivity contribution in [2.45, 2.75) is 26.7 Å². The van der Waals surface area contributed by atoms with Crippen molar-refractivity contribution in [3.8, 4) is 11.3 Å². The normalized spacial score (nSPS) is 10.6. The summed E-state index contributed by atoms with van der Waals surface area (Å²) in [6.45, 7) is 3.82. The van der Waals surface area contributed by atoms with E-state index >= 15 is 0 Å². The molecule has 2 aromatic carbocycles. The molecule has 2 N–H and O–H groups in total. The van der Waals surface area contributed by atoms with Gasteiger partial charge in [0.15, 0.2) is 5.13 Å². The number of aryl methyl sites for hydroxylation is 2. The molecular formula is C22H22FN3O2S. The molecule has 2 amide bonds. The van der Waals surface area contributed by atoms with Crippen LogP contribution in [0.4, 0.5) is 9.52 Å². The summed E-state index contributed by atoms with van der Waals surface area (Å²) in [5, 5.41) is 5.56. The van der Waals surface area contributed by atoms with Crippen molar-refractivity contribution < 1.29 is 14.0 Å². The minimum Gasteiger partial charge on any atom is -0.343 e. The summed E-state index contributed by atoms with van der Waals surface area (Å²) in [4.78, 5) is 29.6. The van der Waals surface area contributed by atoms with E-state index in [9.17, 15) is 14.0 Å². The van der Waals surface area contributed by atoms with Crippen LogP contribution >= 0.6 is 11.3 Å². The highest BCUT2D eigenvalue weighted by molar-refractivity contribution is 7.16. The lowest BCUT2D eigenvalue weighted by Gasteiger charge is -2.05. The largest absolute Gasteiger partial charge is 0.343 e. The van der Waals surface area contributed by atoms with Gasteiger partial charge < -0.3 is 10.6 Å². The summed E-state index contributed by atoms with van der Waals surface area (Å²) >= 11 is 1.37. The fourth-order valence-electron chi connectivity index (χ4n) is 2.90. The van der Waals surface area contributed by atoms with Crippen LogP contribution in [0.25, 0.3) is 11.3 Å². The minimum absolute atomic E-state index is 0.0980. The summed E-state index contributed by atoms with van der Waals surface area (Å²) in [6, 6.07) is 13.9. The summed E-state index contributed by atoms with van der Waals surface area (Å²) in [5.41, 5.74) is 3.00. The molecule has 1 heterocycles. The Balaban J connectivity index is 1.60. The molecule has 150 valence electrons. The molecule has 0 unspecified atom stereocenters. The SMILES string of the molecule is CCCc1ccc(-c2nc(NC(=O)CNC(=O)c3ccccc3F)sc2C)cc1. The Morgan fingerprint density at radius 3 is 2.52 bits per heavy atom. The van der Waals surface area contributed by atoms with E-state index in [1.807, 2.05) is 19.1 Å². The smallest absolute Gasteiger partial charge is 0.254 e. The summed E-state index contributed by atoms with van der Waals surface area (Å²) < 4.78 is 13.6. The Kier molecular flexibility index (Phi) is 6.72. The van der Waals surface area contributed by atoms with Crippen LogP contribution in [0.2, 0.25) is 0 Å². The van der Waals surface area contributed by atoms with E-state index in [0.29, 0.717) is 5.13 Å². The van der Waals surface area contributed by atoms with Crippen molar-refractivity contribution in [1.82, 2.24) is 10.3 Å². The number of amides is 2. The molecule has 3 rings (SSSR count). The van der Waals surface area contributed by atoms with Gasteiger partial charge in [-0.05, 0) is 31.0 Å². The Morgan fingerprint density at radius 1 is 1.10 bits per heavy atom. The highest BCUT2D eigenvalue weighted by Crippen LogP contribution is 2.30. The topological polar surface area (TPSA) is 71.1 Å². The van der Waals surface area contributed by atoms with Crippen molar-refractivity contribution in [2.24, 2.45) is 0 Å². The van der Waals surface area contributed by atoms with Crippen LogP contribution in [0, 0.1) is 12.7 Å². The standard InChI is InChI=1S/C22H22FN3O2S/c1-3-6-15-9-11-16(12-10-15)20-14(2)29-22(26-20)25-19(27)13-24-21(28)17-7-4-5-8-18(17)23/h4-5,7-12H,3,6,13H2,1-2H3,(H,24,28)(H,25,26,27). The van der Waals surface area contributed by atoms with Crippen LogP contribution in [-0.2, 0) is 11.2 Å². The third-order valence-corrected chi connectivity index (χ3v) is 5.22. The van der Waals surface area contributed by atoms with Crippen molar-refractivity contribution in [2.75, 3.05) is 11.9 Å². The lowest BCUT2D eigenvalue weighted by Crippen LogP contribution is -2.33. The molecule has 0 bridgehead atoms. The van der Waals surface area contributed by atoms with Crippen LogP contribution in [0.5, 0.6) is 0 Å². The van der Waals surface area contributed by atoms with E-state index in [1.165, 1.54) is 35.1 Å². The number of hydrogen-bond acceptors (Lipinski definition) is 4. The van der Waals surface area contributed by atoms with Crippen molar-refractivity contribution in [3.05, 3.63) is 70.4 Å². The van der Waals surface area contributed by atoms with Gasteiger partial charge in [0.25, 0.3) is 5.91 Å². The first-order valence-electron chi connectivity index (χ1n) is 9.37. The molecule has 0 fully saturated rings. The first-order chi connectivity index (χ1) is 14.0. The molecule has 0 saturated heterocycles. The maximum atomic E-state index is 13.6. The first kappa shape index (κ1) is 20.7. The third-order valence-electron chi connectivity index (χ3n) is 4.34. The molecule has 29 heavy (non-hydrogen) atoms. The van der Waals surface area contributed by atoms with Gasteiger partial charge in [-0.15, -0.1) is 11.3 Å². The van der Waals surface area contributed by atoms with Crippen LogP contribution in [0.15, 0.2) is 48.5 Å². The predicted molar refractivity (Wildman–Crippen MR) is 114 cm³/mol. The van der Waals surface area contributed by atoms with E-state index in [2.05, 4.69) is 34.7 Å². The number of nitrogens with zero attached hydrogens (tertiary/aromatic N) is 1. The highest BCUT2D eigenvalue weighted by Gasteiger charge is 2.15. The number of nitrogens with one attached hydrogen (secondary N) is 2. The fraction of sp³-hybridized carbons (Fsp3) is 0.227. The molecule has 0 radical (unpaired) electrons. The number of carbonyl (C=O) groups is 2. The second-order valence-corrected chi connectivity index (χ2v) is 7.78. The van der Waals surface area contributed by atoms with Crippen LogP contribution < -0.4 is 10.6 Å². The number of carbonyl (C=O) groups excluding carboxylic acids is 2. The molecule has 0 aliphatic rings. The fourth-order valence-corrected chi connectivity index (χ4v) is 3.75. The third kappa shape index (κ3) is 5.26. The van der Waals surface area contributed by atoms with Crippen LogP contribution in [0.3, 0.4) is 0 Å². The average Bonchev–Trinajstić information content (AvgIpc) is 3.07. The zero-order valence-electron chi connectivity index (χ0n) is 16.3. The van der Waals surface area contributed by atoms with E-state index in [0.717, 1.165) is 29.0 Å². The molecule has 0 spiro atoms. The number of hydrogen-bond donors (Lipinski definition) is 2. The van der Waals surface area contributed by atoms with Crippen LogP contribution in [0.1, 0.15) is 34.1 Å². The van der Waals surface area contributed by atoms with E-state index in [4.69, 9.17) is 0 Å². The lowest BCUT2D eigenvalue weighted by molar-refractivity contribution is -0.115. The molecule has 0 aliphatic heterocycles. The summed E-state index contributed by atoms with van der Waals surface area (Å²) in [7, 11) is 0. The summed E-state index contributed by atoms with van der Waals surface area (Å²) in [6.07, 6.45) is 2.13. The van der Waals surface area contributed by atoms with Gasteiger partial charge in [0.05, 0.1) is 17.8 Å². The van der Waals surface area contributed by atoms with Crippen molar-refractivity contribution in [1.29, 1.82) is 0 Å². The Labute approximate surface area is 173 Å². The second-order valence-electron chi connectivity index (χ2n) is 6.58. The number of thiazole rings is 1. The van der Waals surface area contributed by atoms with Gasteiger partial charge in [-0.25, -0.2) is 9.37 Å². The van der Waals surface area contributed by atoms with Gasteiger partial charge in [0.1, 0.15) is 5.82 Å². The molecule has 0 atom stereocenters. The summed E-state index contributed by atoms with van der Waals surface area (Å²) in [5.74, 6) is -1.69. The predicted octanol–water partition coefficient (Wildman–Crippen LogP) is 4.58. The molecule has 5 nitrogen and oxygen atoms in total. The van der Waals surface area contributed by atoms with Gasteiger partial charge in [-0.2, -0.15) is 0 Å². The van der Waals surface area contributed by atoms with Gasteiger partial charge in [-0.3, -0.25) is 9.59 Å². The number of rotatable bonds is 7. The van der Waals surface area contributed by atoms with E-state index in [1.54, 1.807) is 6.07 Å². The number of halogens is 1. The Hall–Kier alpha value is -3.06. The van der Waals surface area contributed by atoms with E-state index < -0.39 is 17.6 Å². The Bertz CT molecular complexity index is 1020. The average molecular weight is 412 g/mol. The monoisotopic (exact) mass is 411 g/mol. The molecule has 7 heteroatoms. The van der Waals surface area contributed by atoms with Crippen molar-refractivity contribution in [3.63, 3.8) is 0 Å². The maximum absolute atomic E-state index is 13.6.